The van der Waals surface area contributed by atoms with Gasteiger partial charge in [0.25, 0.3) is 0 Å². The van der Waals surface area contributed by atoms with Crippen molar-refractivity contribution in [1.29, 1.82) is 5.26 Å². The minimum atomic E-state index is -0.364. The third-order valence-corrected chi connectivity index (χ3v) is 3.01. The number of hydrogen-bond donors (Lipinski definition) is 0. The molecule has 0 saturated carbocycles. The van der Waals surface area contributed by atoms with Crippen molar-refractivity contribution in [2.45, 2.75) is 13.0 Å². The lowest BCUT2D eigenvalue weighted by Gasteiger charge is -2.16. The third-order valence-electron chi connectivity index (χ3n) is 3.01. The Morgan fingerprint density at radius 3 is 2.85 bits per heavy atom. The average Bonchev–Trinajstić information content (AvgIpc) is 2.45. The van der Waals surface area contributed by atoms with E-state index in [4.69, 9.17) is 5.26 Å². The minimum Gasteiger partial charge on any atom is -0.302 e. The maximum absolute atomic E-state index is 13.3. The monoisotopic (exact) mass is 269 g/mol. The molecule has 0 amide bonds. The molecule has 4 heteroatoms. The average molecular weight is 269 g/mol. The molecular weight excluding hydrogens is 253 g/mol. The maximum atomic E-state index is 13.3. The van der Waals surface area contributed by atoms with Gasteiger partial charge in [0.05, 0.1) is 11.6 Å². The van der Waals surface area contributed by atoms with Gasteiger partial charge in [-0.25, -0.2) is 4.39 Å². The van der Waals surface area contributed by atoms with Crippen LogP contribution in [0.2, 0.25) is 0 Å². The Morgan fingerprint density at radius 2 is 2.15 bits per heavy atom. The molecule has 0 fully saturated rings. The fourth-order valence-electron chi connectivity index (χ4n) is 2.05. The number of hydrogen-bond acceptors (Lipinski definition) is 3. The number of rotatable bonds is 5. The van der Waals surface area contributed by atoms with E-state index in [1.165, 1.54) is 12.1 Å². The van der Waals surface area contributed by atoms with Crippen LogP contribution in [0.5, 0.6) is 0 Å². The van der Waals surface area contributed by atoms with Crippen molar-refractivity contribution >= 4 is 0 Å². The van der Waals surface area contributed by atoms with Gasteiger partial charge in [0.1, 0.15) is 5.82 Å². The molecule has 102 valence electrons. The molecule has 0 unspecified atom stereocenters. The van der Waals surface area contributed by atoms with Crippen molar-refractivity contribution in [1.82, 2.24) is 9.88 Å². The molecule has 1 aromatic heterocycles. The van der Waals surface area contributed by atoms with E-state index in [0.29, 0.717) is 12.1 Å². The lowest BCUT2D eigenvalue weighted by molar-refractivity contribution is 0.329. The SMILES string of the molecule is CN(CCc1ccccn1)Cc1cc(F)cc(C#N)c1. The summed E-state index contributed by atoms with van der Waals surface area (Å²) in [5.74, 6) is -0.364. The van der Waals surface area contributed by atoms with Gasteiger partial charge in [-0.3, -0.25) is 4.98 Å². The van der Waals surface area contributed by atoms with E-state index in [0.717, 1.165) is 24.2 Å². The summed E-state index contributed by atoms with van der Waals surface area (Å²) in [7, 11) is 1.97. The van der Waals surface area contributed by atoms with Crippen molar-refractivity contribution in [2.24, 2.45) is 0 Å². The highest BCUT2D eigenvalue weighted by Crippen LogP contribution is 2.10. The molecule has 0 saturated heterocycles. The van der Waals surface area contributed by atoms with Crippen molar-refractivity contribution in [3.8, 4) is 6.07 Å². The summed E-state index contributed by atoms with van der Waals surface area (Å²) in [5.41, 5.74) is 2.21. The number of pyridine rings is 1. The zero-order valence-corrected chi connectivity index (χ0v) is 11.4. The Kier molecular flexibility index (Phi) is 4.80. The molecule has 0 N–H and O–H groups in total. The van der Waals surface area contributed by atoms with E-state index in [9.17, 15) is 4.39 Å². The van der Waals surface area contributed by atoms with Crippen molar-refractivity contribution in [3.63, 3.8) is 0 Å². The summed E-state index contributed by atoms with van der Waals surface area (Å²) >= 11 is 0. The molecule has 1 aromatic carbocycles. The van der Waals surface area contributed by atoms with Gasteiger partial charge >= 0.3 is 0 Å². The van der Waals surface area contributed by atoms with Crippen LogP contribution in [-0.4, -0.2) is 23.5 Å². The molecule has 0 aliphatic rings. The number of nitriles is 1. The molecule has 0 aliphatic carbocycles. The number of nitrogens with zero attached hydrogens (tertiary/aromatic N) is 3. The molecule has 0 spiro atoms. The van der Waals surface area contributed by atoms with Gasteiger partial charge < -0.3 is 4.90 Å². The highest BCUT2D eigenvalue weighted by molar-refractivity contribution is 5.33. The first-order valence-corrected chi connectivity index (χ1v) is 6.45. The number of likely N-dealkylation sites (N-methyl/N-ethyl adjacent to an activating group) is 1. The van der Waals surface area contributed by atoms with Gasteiger partial charge in [0, 0.05) is 31.4 Å². The van der Waals surface area contributed by atoms with E-state index in [-0.39, 0.29) is 5.82 Å². The summed E-state index contributed by atoms with van der Waals surface area (Å²) in [4.78, 5) is 6.36. The van der Waals surface area contributed by atoms with Gasteiger partial charge in [-0.05, 0) is 42.9 Å². The van der Waals surface area contributed by atoms with Crippen LogP contribution in [-0.2, 0) is 13.0 Å². The highest BCUT2D eigenvalue weighted by Gasteiger charge is 2.05. The first-order chi connectivity index (χ1) is 9.67. The van der Waals surface area contributed by atoms with Gasteiger partial charge in [0.2, 0.25) is 0 Å². The second kappa shape index (κ2) is 6.78. The number of halogens is 1. The second-order valence-corrected chi connectivity index (χ2v) is 4.77. The van der Waals surface area contributed by atoms with E-state index in [1.54, 1.807) is 12.3 Å². The third kappa shape index (κ3) is 4.15. The molecule has 20 heavy (non-hydrogen) atoms. The molecule has 0 bridgehead atoms. The highest BCUT2D eigenvalue weighted by atomic mass is 19.1. The lowest BCUT2D eigenvalue weighted by atomic mass is 10.1. The second-order valence-electron chi connectivity index (χ2n) is 4.77. The smallest absolute Gasteiger partial charge is 0.124 e. The van der Waals surface area contributed by atoms with E-state index in [1.807, 2.05) is 31.3 Å². The molecule has 2 rings (SSSR count). The summed E-state index contributed by atoms with van der Waals surface area (Å²) in [5, 5.41) is 8.83. The molecule has 0 aliphatic heterocycles. The topological polar surface area (TPSA) is 39.9 Å². The van der Waals surface area contributed by atoms with E-state index >= 15 is 0 Å². The van der Waals surface area contributed by atoms with E-state index < -0.39 is 0 Å². The molecular formula is C16H16FN3. The van der Waals surface area contributed by atoms with Gasteiger partial charge in [0.15, 0.2) is 0 Å². The van der Waals surface area contributed by atoms with Crippen molar-refractivity contribution < 1.29 is 4.39 Å². The lowest BCUT2D eigenvalue weighted by Crippen LogP contribution is -2.21. The normalized spacial score (nSPS) is 10.5. The van der Waals surface area contributed by atoms with Crippen LogP contribution >= 0.6 is 0 Å². The van der Waals surface area contributed by atoms with Crippen LogP contribution in [0, 0.1) is 17.1 Å². The predicted octanol–water partition coefficient (Wildman–Crippen LogP) is 2.77. The zero-order chi connectivity index (χ0) is 14.4. The largest absolute Gasteiger partial charge is 0.302 e. The van der Waals surface area contributed by atoms with Gasteiger partial charge in [-0.15, -0.1) is 0 Å². The quantitative estimate of drug-likeness (QED) is 0.838. The Bertz CT molecular complexity index is 605. The number of benzene rings is 1. The fourth-order valence-corrected chi connectivity index (χ4v) is 2.05. The summed E-state index contributed by atoms with van der Waals surface area (Å²) in [6.45, 7) is 1.44. The Labute approximate surface area is 118 Å². The molecule has 3 nitrogen and oxygen atoms in total. The van der Waals surface area contributed by atoms with Crippen LogP contribution in [0.1, 0.15) is 16.8 Å². The van der Waals surface area contributed by atoms with Gasteiger partial charge in [-0.1, -0.05) is 6.07 Å². The molecule has 0 atom stereocenters. The molecule has 0 radical (unpaired) electrons. The van der Waals surface area contributed by atoms with Crippen LogP contribution in [0.25, 0.3) is 0 Å². The predicted molar refractivity (Wildman–Crippen MR) is 75.4 cm³/mol. The maximum Gasteiger partial charge on any atom is 0.124 e. The minimum absolute atomic E-state index is 0.359. The van der Waals surface area contributed by atoms with Crippen LogP contribution in [0.4, 0.5) is 4.39 Å². The van der Waals surface area contributed by atoms with Crippen molar-refractivity contribution in [3.05, 3.63) is 65.2 Å². The van der Waals surface area contributed by atoms with Crippen molar-refractivity contribution in [2.75, 3.05) is 13.6 Å². The Morgan fingerprint density at radius 1 is 1.30 bits per heavy atom. The summed E-state index contributed by atoms with van der Waals surface area (Å²) in [6.07, 6.45) is 2.62. The number of aromatic nitrogens is 1. The summed E-state index contributed by atoms with van der Waals surface area (Å²) in [6, 6.07) is 12.3. The fraction of sp³-hybridized carbons (Fsp3) is 0.250. The zero-order valence-electron chi connectivity index (χ0n) is 11.4. The molecule has 1 heterocycles. The first-order valence-electron chi connectivity index (χ1n) is 6.45. The van der Waals surface area contributed by atoms with Crippen LogP contribution in [0.3, 0.4) is 0 Å². The Hall–Kier alpha value is -2.25. The summed E-state index contributed by atoms with van der Waals surface area (Å²) < 4.78 is 13.3. The van der Waals surface area contributed by atoms with Crippen LogP contribution < -0.4 is 0 Å². The van der Waals surface area contributed by atoms with E-state index in [2.05, 4.69) is 9.88 Å². The molecule has 2 aromatic rings. The first kappa shape index (κ1) is 14.2. The standard InChI is InChI=1S/C16H16FN3/c1-20(7-5-16-4-2-3-6-19-16)12-14-8-13(11-18)9-15(17)10-14/h2-4,6,8-10H,5,7,12H2,1H3. The Balaban J connectivity index is 1.93. The van der Waals surface area contributed by atoms with Crippen LogP contribution in [0.15, 0.2) is 42.6 Å². The van der Waals surface area contributed by atoms with Gasteiger partial charge in [-0.2, -0.15) is 5.26 Å².